The maximum atomic E-state index is 11.8. The van der Waals surface area contributed by atoms with Crippen LogP contribution in [0.3, 0.4) is 0 Å². The molecule has 0 amide bonds. The van der Waals surface area contributed by atoms with Crippen LogP contribution in [-0.2, 0) is 9.84 Å². The standard InChI is InChI=1S/C12H19NO3S/c1-3-11(17(15,16)4-2)12(14)9-6-5-7-10(13)8-9/h5-8,11-12,14H,3-4,13H2,1-2H3. The van der Waals surface area contributed by atoms with Crippen molar-refractivity contribution in [2.24, 2.45) is 0 Å². The van der Waals surface area contributed by atoms with Crippen LogP contribution in [0, 0.1) is 0 Å². The van der Waals surface area contributed by atoms with Crippen molar-refractivity contribution in [1.29, 1.82) is 0 Å². The molecule has 0 aromatic heterocycles. The van der Waals surface area contributed by atoms with Crippen molar-refractivity contribution in [1.82, 2.24) is 0 Å². The van der Waals surface area contributed by atoms with E-state index < -0.39 is 21.2 Å². The van der Waals surface area contributed by atoms with E-state index in [2.05, 4.69) is 0 Å². The molecule has 2 atom stereocenters. The van der Waals surface area contributed by atoms with Gasteiger partial charge in [0.05, 0.1) is 11.4 Å². The summed E-state index contributed by atoms with van der Waals surface area (Å²) in [6.07, 6.45) is -0.639. The molecular formula is C12H19NO3S. The van der Waals surface area contributed by atoms with Crippen molar-refractivity contribution < 1.29 is 13.5 Å². The van der Waals surface area contributed by atoms with Gasteiger partial charge in [-0.15, -0.1) is 0 Å². The van der Waals surface area contributed by atoms with Crippen LogP contribution in [0.25, 0.3) is 0 Å². The number of hydrogen-bond donors (Lipinski definition) is 2. The molecule has 0 spiro atoms. The van der Waals surface area contributed by atoms with E-state index in [1.54, 1.807) is 38.1 Å². The molecule has 0 radical (unpaired) electrons. The van der Waals surface area contributed by atoms with Crippen LogP contribution in [-0.4, -0.2) is 24.5 Å². The molecule has 0 saturated carbocycles. The number of nitrogen functional groups attached to an aromatic ring is 1. The zero-order chi connectivity index (χ0) is 13.1. The monoisotopic (exact) mass is 257 g/mol. The second-order valence-corrected chi connectivity index (χ2v) is 6.52. The maximum absolute atomic E-state index is 11.8. The average Bonchev–Trinajstić information content (AvgIpc) is 2.29. The molecule has 1 aromatic rings. The van der Waals surface area contributed by atoms with Crippen LogP contribution >= 0.6 is 0 Å². The summed E-state index contributed by atoms with van der Waals surface area (Å²) in [4.78, 5) is 0. The van der Waals surface area contributed by atoms with Gasteiger partial charge in [-0.1, -0.05) is 26.0 Å². The van der Waals surface area contributed by atoms with E-state index in [1.807, 2.05) is 0 Å². The molecule has 0 fully saturated rings. The predicted molar refractivity (Wildman–Crippen MR) is 69.4 cm³/mol. The van der Waals surface area contributed by atoms with Crippen molar-refractivity contribution in [2.75, 3.05) is 11.5 Å². The quantitative estimate of drug-likeness (QED) is 0.784. The molecule has 0 aliphatic carbocycles. The first-order valence-corrected chi connectivity index (χ1v) is 7.39. The smallest absolute Gasteiger partial charge is 0.155 e. The molecular weight excluding hydrogens is 238 g/mol. The van der Waals surface area contributed by atoms with E-state index in [0.717, 1.165) is 0 Å². The lowest BCUT2D eigenvalue weighted by Gasteiger charge is -2.21. The van der Waals surface area contributed by atoms with Gasteiger partial charge in [0.2, 0.25) is 0 Å². The van der Waals surface area contributed by atoms with Crippen molar-refractivity contribution >= 4 is 15.5 Å². The van der Waals surface area contributed by atoms with E-state index in [0.29, 0.717) is 17.7 Å². The third kappa shape index (κ3) is 3.20. The summed E-state index contributed by atoms with van der Waals surface area (Å²) >= 11 is 0. The zero-order valence-corrected chi connectivity index (χ0v) is 10.9. The molecule has 0 aliphatic heterocycles. The number of anilines is 1. The van der Waals surface area contributed by atoms with Gasteiger partial charge in [-0.2, -0.15) is 0 Å². The van der Waals surface area contributed by atoms with Crippen molar-refractivity contribution in [3.63, 3.8) is 0 Å². The first-order valence-electron chi connectivity index (χ1n) is 5.67. The van der Waals surface area contributed by atoms with Crippen LogP contribution in [0.5, 0.6) is 0 Å². The van der Waals surface area contributed by atoms with Crippen LogP contribution < -0.4 is 5.73 Å². The molecule has 3 N–H and O–H groups in total. The van der Waals surface area contributed by atoms with E-state index >= 15 is 0 Å². The highest BCUT2D eigenvalue weighted by Gasteiger charge is 2.30. The fourth-order valence-electron chi connectivity index (χ4n) is 1.85. The predicted octanol–water partition coefficient (Wildman–Crippen LogP) is 1.52. The molecule has 4 nitrogen and oxygen atoms in total. The van der Waals surface area contributed by atoms with Gasteiger partial charge in [-0.3, -0.25) is 0 Å². The summed E-state index contributed by atoms with van der Waals surface area (Å²) in [7, 11) is -3.26. The fraction of sp³-hybridized carbons (Fsp3) is 0.500. The van der Waals surface area contributed by atoms with Gasteiger partial charge < -0.3 is 10.8 Å². The van der Waals surface area contributed by atoms with Crippen LogP contribution in [0.4, 0.5) is 5.69 Å². The number of benzene rings is 1. The second kappa shape index (κ2) is 5.51. The Balaban J connectivity index is 3.06. The number of aliphatic hydroxyl groups excluding tert-OH is 1. The maximum Gasteiger partial charge on any atom is 0.155 e. The van der Waals surface area contributed by atoms with Crippen LogP contribution in [0.15, 0.2) is 24.3 Å². The van der Waals surface area contributed by atoms with Gasteiger partial charge in [0.25, 0.3) is 0 Å². The molecule has 0 aliphatic rings. The topological polar surface area (TPSA) is 80.4 Å². The Morgan fingerprint density at radius 3 is 2.47 bits per heavy atom. The molecule has 2 unspecified atom stereocenters. The zero-order valence-electron chi connectivity index (χ0n) is 10.1. The highest BCUT2D eigenvalue weighted by molar-refractivity contribution is 7.92. The fourth-order valence-corrected chi connectivity index (χ4v) is 3.33. The first-order chi connectivity index (χ1) is 7.92. The molecule has 17 heavy (non-hydrogen) atoms. The number of hydrogen-bond acceptors (Lipinski definition) is 4. The Morgan fingerprint density at radius 1 is 1.35 bits per heavy atom. The molecule has 0 bridgehead atoms. The first kappa shape index (κ1) is 14.0. The van der Waals surface area contributed by atoms with E-state index in [-0.39, 0.29) is 5.75 Å². The van der Waals surface area contributed by atoms with Crippen LogP contribution in [0.1, 0.15) is 31.9 Å². The largest absolute Gasteiger partial charge is 0.399 e. The SMILES string of the molecule is CCC(C(O)c1cccc(N)c1)S(=O)(=O)CC. The second-order valence-electron chi connectivity index (χ2n) is 4.01. The summed E-state index contributed by atoms with van der Waals surface area (Å²) in [5, 5.41) is 9.37. The summed E-state index contributed by atoms with van der Waals surface area (Å²) in [6, 6.07) is 6.71. The number of sulfone groups is 1. The minimum absolute atomic E-state index is 0.0326. The third-order valence-electron chi connectivity index (χ3n) is 2.87. The molecule has 5 heteroatoms. The van der Waals surface area contributed by atoms with Gasteiger partial charge in [0, 0.05) is 11.4 Å². The van der Waals surface area contributed by atoms with Gasteiger partial charge >= 0.3 is 0 Å². The molecule has 0 saturated heterocycles. The van der Waals surface area contributed by atoms with Gasteiger partial charge in [0.15, 0.2) is 9.84 Å². The highest BCUT2D eigenvalue weighted by atomic mass is 32.2. The van der Waals surface area contributed by atoms with Gasteiger partial charge in [-0.25, -0.2) is 8.42 Å². The molecule has 1 rings (SSSR count). The lowest BCUT2D eigenvalue weighted by Crippen LogP contribution is -2.29. The summed E-state index contributed by atoms with van der Waals surface area (Å²) in [5.74, 6) is 0.0326. The lowest BCUT2D eigenvalue weighted by atomic mass is 10.0. The average molecular weight is 257 g/mol. The Hall–Kier alpha value is -1.07. The minimum Gasteiger partial charge on any atom is -0.399 e. The van der Waals surface area contributed by atoms with Crippen molar-refractivity contribution in [3.05, 3.63) is 29.8 Å². The summed E-state index contributed by atoms with van der Waals surface area (Å²) < 4.78 is 23.7. The molecule has 96 valence electrons. The Bertz CT molecular complexity index is 470. The van der Waals surface area contributed by atoms with Crippen molar-refractivity contribution in [3.8, 4) is 0 Å². The van der Waals surface area contributed by atoms with Gasteiger partial charge in [-0.05, 0) is 24.1 Å². The molecule has 0 heterocycles. The van der Waals surface area contributed by atoms with Gasteiger partial charge in [0.1, 0.15) is 0 Å². The van der Waals surface area contributed by atoms with Crippen molar-refractivity contribution in [2.45, 2.75) is 31.6 Å². The normalized spacial score (nSPS) is 15.5. The van der Waals surface area contributed by atoms with E-state index in [9.17, 15) is 13.5 Å². The number of nitrogens with two attached hydrogens (primary N) is 1. The molecule has 1 aromatic carbocycles. The lowest BCUT2D eigenvalue weighted by molar-refractivity contribution is 0.169. The Kier molecular flexibility index (Phi) is 4.54. The van der Waals surface area contributed by atoms with E-state index in [4.69, 9.17) is 5.73 Å². The Labute approximate surface area is 102 Å². The van der Waals surface area contributed by atoms with E-state index in [1.165, 1.54) is 0 Å². The number of aliphatic hydroxyl groups is 1. The minimum atomic E-state index is -3.26. The highest BCUT2D eigenvalue weighted by Crippen LogP contribution is 2.26. The number of rotatable bonds is 5. The summed E-state index contributed by atoms with van der Waals surface area (Å²) in [5.41, 5.74) is 6.69. The third-order valence-corrected chi connectivity index (χ3v) is 5.19. The Morgan fingerprint density at radius 2 is 2.00 bits per heavy atom. The van der Waals surface area contributed by atoms with Crippen LogP contribution in [0.2, 0.25) is 0 Å². The summed E-state index contributed by atoms with van der Waals surface area (Å²) in [6.45, 7) is 3.34.